The van der Waals surface area contributed by atoms with Gasteiger partial charge >= 0.3 is 0 Å². The summed E-state index contributed by atoms with van der Waals surface area (Å²) in [6, 6.07) is 9.23. The van der Waals surface area contributed by atoms with Gasteiger partial charge in [-0.2, -0.15) is 0 Å². The van der Waals surface area contributed by atoms with Crippen LogP contribution in [0.3, 0.4) is 0 Å². The van der Waals surface area contributed by atoms with Crippen LogP contribution in [0, 0.1) is 12.8 Å². The SMILES string of the molecule is CCCNC(c1ccccc1C)C(C)CC. The average molecular weight is 219 g/mol. The van der Waals surface area contributed by atoms with Crippen LogP contribution in [-0.4, -0.2) is 6.54 Å². The van der Waals surface area contributed by atoms with E-state index in [4.69, 9.17) is 0 Å². The molecule has 1 N–H and O–H groups in total. The summed E-state index contributed by atoms with van der Waals surface area (Å²) in [6.07, 6.45) is 2.41. The van der Waals surface area contributed by atoms with E-state index in [1.54, 1.807) is 0 Å². The zero-order chi connectivity index (χ0) is 12.0. The van der Waals surface area contributed by atoms with Gasteiger partial charge in [0.25, 0.3) is 0 Å². The van der Waals surface area contributed by atoms with Crippen molar-refractivity contribution in [2.45, 2.75) is 46.6 Å². The van der Waals surface area contributed by atoms with E-state index in [-0.39, 0.29) is 0 Å². The lowest BCUT2D eigenvalue weighted by atomic mass is 9.90. The number of rotatable bonds is 6. The van der Waals surface area contributed by atoms with Crippen LogP contribution in [0.2, 0.25) is 0 Å². The second-order valence-electron chi connectivity index (χ2n) is 4.67. The maximum Gasteiger partial charge on any atom is 0.0348 e. The zero-order valence-electron chi connectivity index (χ0n) is 11.1. The van der Waals surface area contributed by atoms with Gasteiger partial charge in [-0.15, -0.1) is 0 Å². The normalized spacial score (nSPS) is 14.8. The Kier molecular flexibility index (Phi) is 5.54. The fourth-order valence-electron chi connectivity index (χ4n) is 2.09. The smallest absolute Gasteiger partial charge is 0.0348 e. The largest absolute Gasteiger partial charge is 0.310 e. The van der Waals surface area contributed by atoms with Gasteiger partial charge in [0.15, 0.2) is 0 Å². The van der Waals surface area contributed by atoms with Gasteiger partial charge in [0.05, 0.1) is 0 Å². The molecule has 0 amide bonds. The summed E-state index contributed by atoms with van der Waals surface area (Å²) >= 11 is 0. The highest BCUT2D eigenvalue weighted by Crippen LogP contribution is 2.26. The molecule has 2 unspecified atom stereocenters. The van der Waals surface area contributed by atoms with Crippen LogP contribution in [0.15, 0.2) is 24.3 Å². The summed E-state index contributed by atoms with van der Waals surface area (Å²) in [5, 5.41) is 3.68. The Balaban J connectivity index is 2.87. The number of aryl methyl sites for hydroxylation is 1. The molecule has 0 saturated heterocycles. The molecule has 0 aliphatic heterocycles. The number of hydrogen-bond acceptors (Lipinski definition) is 1. The van der Waals surface area contributed by atoms with Crippen molar-refractivity contribution in [1.82, 2.24) is 5.32 Å². The van der Waals surface area contributed by atoms with Crippen LogP contribution >= 0.6 is 0 Å². The first kappa shape index (κ1) is 13.2. The molecule has 0 spiro atoms. The Morgan fingerprint density at radius 1 is 1.19 bits per heavy atom. The molecule has 0 aromatic heterocycles. The van der Waals surface area contributed by atoms with E-state index < -0.39 is 0 Å². The molecule has 0 heterocycles. The summed E-state index contributed by atoms with van der Waals surface area (Å²) in [5.41, 5.74) is 2.86. The van der Waals surface area contributed by atoms with Gasteiger partial charge in [0, 0.05) is 6.04 Å². The van der Waals surface area contributed by atoms with E-state index >= 15 is 0 Å². The summed E-state index contributed by atoms with van der Waals surface area (Å²) in [4.78, 5) is 0. The van der Waals surface area contributed by atoms with Gasteiger partial charge in [-0.1, -0.05) is 51.5 Å². The van der Waals surface area contributed by atoms with Gasteiger partial charge < -0.3 is 5.32 Å². The molecule has 0 bridgehead atoms. The van der Waals surface area contributed by atoms with Crippen molar-refractivity contribution in [3.63, 3.8) is 0 Å². The van der Waals surface area contributed by atoms with Gasteiger partial charge in [-0.25, -0.2) is 0 Å². The van der Waals surface area contributed by atoms with Gasteiger partial charge in [-0.05, 0) is 36.9 Å². The zero-order valence-corrected chi connectivity index (χ0v) is 11.1. The van der Waals surface area contributed by atoms with Gasteiger partial charge in [-0.3, -0.25) is 0 Å². The summed E-state index contributed by atoms with van der Waals surface area (Å²) in [7, 11) is 0. The number of nitrogens with one attached hydrogen (secondary N) is 1. The van der Waals surface area contributed by atoms with Crippen molar-refractivity contribution in [2.24, 2.45) is 5.92 Å². The molecule has 90 valence electrons. The van der Waals surface area contributed by atoms with Crippen molar-refractivity contribution in [1.29, 1.82) is 0 Å². The third-order valence-corrected chi connectivity index (χ3v) is 3.35. The molecule has 0 radical (unpaired) electrons. The van der Waals surface area contributed by atoms with Crippen molar-refractivity contribution in [2.75, 3.05) is 6.54 Å². The Hall–Kier alpha value is -0.820. The maximum atomic E-state index is 3.68. The monoisotopic (exact) mass is 219 g/mol. The van der Waals surface area contributed by atoms with Crippen LogP contribution in [0.5, 0.6) is 0 Å². The highest BCUT2D eigenvalue weighted by Gasteiger charge is 2.18. The molecule has 16 heavy (non-hydrogen) atoms. The van der Waals surface area contributed by atoms with E-state index in [2.05, 4.69) is 57.3 Å². The minimum absolute atomic E-state index is 0.506. The van der Waals surface area contributed by atoms with Crippen LogP contribution in [0.25, 0.3) is 0 Å². The van der Waals surface area contributed by atoms with Gasteiger partial charge in [0.1, 0.15) is 0 Å². The Morgan fingerprint density at radius 3 is 2.44 bits per heavy atom. The number of benzene rings is 1. The summed E-state index contributed by atoms with van der Waals surface area (Å²) in [5.74, 6) is 0.688. The molecule has 1 heteroatoms. The molecule has 0 saturated carbocycles. The van der Waals surface area contributed by atoms with Crippen LogP contribution in [0.1, 0.15) is 50.8 Å². The minimum Gasteiger partial charge on any atom is -0.310 e. The average Bonchev–Trinajstić information content (AvgIpc) is 2.31. The summed E-state index contributed by atoms with van der Waals surface area (Å²) in [6.45, 7) is 10.1. The Labute approximate surface area is 100 Å². The standard InChI is InChI=1S/C15H25N/c1-5-11-16-15(12(3)6-2)14-10-8-7-9-13(14)4/h7-10,12,15-16H,5-6,11H2,1-4H3. The molecule has 1 aromatic carbocycles. The fraction of sp³-hybridized carbons (Fsp3) is 0.600. The molecule has 1 aromatic rings. The second-order valence-corrected chi connectivity index (χ2v) is 4.67. The molecule has 0 fully saturated rings. The number of hydrogen-bond donors (Lipinski definition) is 1. The summed E-state index contributed by atoms with van der Waals surface area (Å²) < 4.78 is 0. The Morgan fingerprint density at radius 2 is 1.88 bits per heavy atom. The highest BCUT2D eigenvalue weighted by atomic mass is 14.9. The first-order valence-electron chi connectivity index (χ1n) is 6.49. The molecular formula is C15H25N. The van der Waals surface area contributed by atoms with E-state index in [0.717, 1.165) is 6.54 Å². The third-order valence-electron chi connectivity index (χ3n) is 3.35. The minimum atomic E-state index is 0.506. The predicted octanol–water partition coefficient (Wildman–Crippen LogP) is 4.08. The lowest BCUT2D eigenvalue weighted by Crippen LogP contribution is -2.28. The third kappa shape index (κ3) is 3.34. The topological polar surface area (TPSA) is 12.0 Å². The lowest BCUT2D eigenvalue weighted by Gasteiger charge is -2.26. The van der Waals surface area contributed by atoms with E-state index in [9.17, 15) is 0 Å². The molecule has 1 rings (SSSR count). The fourth-order valence-corrected chi connectivity index (χ4v) is 2.09. The van der Waals surface area contributed by atoms with Crippen molar-refractivity contribution in [3.8, 4) is 0 Å². The van der Waals surface area contributed by atoms with Crippen LogP contribution in [-0.2, 0) is 0 Å². The van der Waals surface area contributed by atoms with Crippen LogP contribution < -0.4 is 5.32 Å². The van der Waals surface area contributed by atoms with E-state index in [1.165, 1.54) is 24.0 Å². The van der Waals surface area contributed by atoms with Crippen molar-refractivity contribution in [3.05, 3.63) is 35.4 Å². The quantitative estimate of drug-likeness (QED) is 0.760. The molecule has 2 atom stereocenters. The molecular weight excluding hydrogens is 194 g/mol. The van der Waals surface area contributed by atoms with Gasteiger partial charge in [0.2, 0.25) is 0 Å². The van der Waals surface area contributed by atoms with E-state index in [0.29, 0.717) is 12.0 Å². The van der Waals surface area contributed by atoms with Crippen LogP contribution in [0.4, 0.5) is 0 Å². The molecule has 0 aliphatic carbocycles. The first-order valence-corrected chi connectivity index (χ1v) is 6.49. The predicted molar refractivity (Wildman–Crippen MR) is 71.7 cm³/mol. The first-order chi connectivity index (χ1) is 7.70. The van der Waals surface area contributed by atoms with E-state index in [1.807, 2.05) is 0 Å². The maximum absolute atomic E-state index is 3.68. The molecule has 1 nitrogen and oxygen atoms in total. The van der Waals surface area contributed by atoms with Crippen molar-refractivity contribution < 1.29 is 0 Å². The van der Waals surface area contributed by atoms with Crippen molar-refractivity contribution >= 4 is 0 Å². The second kappa shape index (κ2) is 6.70. The molecule has 0 aliphatic rings. The lowest BCUT2D eigenvalue weighted by molar-refractivity contribution is 0.376. The Bertz CT molecular complexity index is 306. The highest BCUT2D eigenvalue weighted by molar-refractivity contribution is 5.29.